The van der Waals surface area contributed by atoms with Gasteiger partial charge < -0.3 is 31.3 Å². The summed E-state index contributed by atoms with van der Waals surface area (Å²) in [6.07, 6.45) is 81.5. The fourth-order valence-corrected chi connectivity index (χ4v) is 10.6. The molecule has 0 heterocycles. The van der Waals surface area contributed by atoms with Crippen LogP contribution in [0, 0.1) is 0 Å². The minimum atomic E-state index is -0.903. The fraction of sp³-hybridized carbons (Fsp3) is 0.944. The molecule has 0 unspecified atom stereocenters. The maximum absolute atomic E-state index is 10.6. The Hall–Kier alpha value is -1.50. The van der Waals surface area contributed by atoms with E-state index in [1.165, 1.54) is 347 Å². The minimum Gasteiger partial charge on any atom is -0.550 e. The number of unbranched alkanes of at least 4 members (excludes halogenated alkanes) is 56. The first-order valence-electron chi connectivity index (χ1n) is 36.0. The molecule has 0 bridgehead atoms. The predicted molar refractivity (Wildman–Crippen MR) is 347 cm³/mol. The topological polar surface area (TPSA) is 166 Å². The van der Waals surface area contributed by atoms with Crippen LogP contribution in [0.2, 0.25) is 0 Å². The molecule has 0 aromatic heterocycles. The normalized spacial score (nSPS) is 10.7. The van der Waals surface area contributed by atoms with Crippen LogP contribution in [0.25, 0.3) is 0 Å². The molecule has 0 radical (unpaired) electrons. The third kappa shape index (κ3) is 104. The minimum absolute atomic E-state index is 0. The second kappa shape index (κ2) is 85.0. The maximum atomic E-state index is 10.6. The SMILES string of the molecule is CCCCCCCCCCCCCCCCCC(=O)[O-].CCCCCCCCCCCCCCCCCC(=O)[O-].CCCCCCCCCCCCCCCCCC(N)=O.CCCCCCCCCCCCCCCCCC(N)=O.[Zn+2]. The second-order valence-electron chi connectivity index (χ2n) is 24.5. The number of carboxylic acid groups (broad SMARTS) is 2. The molecule has 9 heteroatoms. The number of amides is 2. The summed E-state index contributed by atoms with van der Waals surface area (Å²) in [5.41, 5.74) is 10.2. The van der Waals surface area contributed by atoms with Crippen LogP contribution in [0.15, 0.2) is 0 Å². The van der Waals surface area contributed by atoms with E-state index in [1.54, 1.807) is 0 Å². The number of hydrogen-bond acceptors (Lipinski definition) is 6. The molecule has 81 heavy (non-hydrogen) atoms. The number of carbonyl (C=O) groups excluding carboxylic acids is 4. The number of carboxylic acids is 2. The average molecular weight is 1200 g/mol. The van der Waals surface area contributed by atoms with Gasteiger partial charge in [0.1, 0.15) is 0 Å². The first-order chi connectivity index (χ1) is 39.1. The third-order valence-corrected chi connectivity index (χ3v) is 16.0. The number of carbonyl (C=O) groups is 4. The molecular formula is C72H144N2O6Zn. The Morgan fingerprint density at radius 3 is 0.395 bits per heavy atom. The van der Waals surface area contributed by atoms with Gasteiger partial charge in [0.2, 0.25) is 11.8 Å². The van der Waals surface area contributed by atoms with Gasteiger partial charge in [0.15, 0.2) is 0 Å². The molecule has 0 aromatic carbocycles. The summed E-state index contributed by atoms with van der Waals surface area (Å²) in [6.45, 7) is 9.09. The van der Waals surface area contributed by atoms with Crippen molar-refractivity contribution >= 4 is 23.8 Å². The standard InChI is InChI=1S/2C18H37NO.2C18H36O2.Zn/c4*1-2-3-4-5-6-7-8-9-10-11-12-13-14-15-16-17-18(19)20;/h2*2-17H2,1H3,(H2,19,20);2*2-17H2,1H3,(H,19,20);/q;;;;+2/p-2. The van der Waals surface area contributed by atoms with Crippen molar-refractivity contribution in [1.82, 2.24) is 0 Å². The van der Waals surface area contributed by atoms with Gasteiger partial charge in [0.05, 0.1) is 0 Å². The molecule has 0 saturated carbocycles. The van der Waals surface area contributed by atoms with Gasteiger partial charge >= 0.3 is 19.5 Å². The van der Waals surface area contributed by atoms with Gasteiger partial charge in [0.25, 0.3) is 0 Å². The molecule has 0 aliphatic carbocycles. The van der Waals surface area contributed by atoms with E-state index in [-0.39, 0.29) is 44.1 Å². The number of nitrogens with two attached hydrogens (primary N) is 2. The molecule has 0 aromatic rings. The number of hydrogen-bond donors (Lipinski definition) is 2. The molecule has 0 aliphatic rings. The first kappa shape index (κ1) is 88.3. The van der Waals surface area contributed by atoms with Crippen molar-refractivity contribution in [2.75, 3.05) is 0 Å². The third-order valence-electron chi connectivity index (χ3n) is 16.0. The van der Waals surface area contributed by atoms with Crippen molar-refractivity contribution < 1.29 is 48.9 Å². The van der Waals surface area contributed by atoms with E-state index >= 15 is 0 Å². The van der Waals surface area contributed by atoms with Crippen LogP contribution < -0.4 is 21.7 Å². The summed E-state index contributed by atoms with van der Waals surface area (Å²) in [5.74, 6) is -2.11. The Kier molecular flexibility index (Phi) is 92.6. The van der Waals surface area contributed by atoms with E-state index in [1.807, 2.05) is 0 Å². The van der Waals surface area contributed by atoms with Crippen molar-refractivity contribution in [3.05, 3.63) is 0 Å². The van der Waals surface area contributed by atoms with Gasteiger partial charge in [-0.15, -0.1) is 0 Å². The first-order valence-corrected chi connectivity index (χ1v) is 36.0. The zero-order chi connectivity index (χ0) is 59.6. The van der Waals surface area contributed by atoms with Gasteiger partial charge in [-0.3, -0.25) is 9.59 Å². The van der Waals surface area contributed by atoms with E-state index in [0.717, 1.165) is 38.5 Å². The van der Waals surface area contributed by atoms with E-state index in [0.29, 0.717) is 12.8 Å². The largest absolute Gasteiger partial charge is 2.00 e. The molecule has 8 nitrogen and oxygen atoms in total. The van der Waals surface area contributed by atoms with E-state index in [9.17, 15) is 29.4 Å². The Bertz CT molecular complexity index is 997. The van der Waals surface area contributed by atoms with Gasteiger partial charge in [-0.25, -0.2) is 0 Å². The Labute approximate surface area is 519 Å². The van der Waals surface area contributed by atoms with E-state index < -0.39 is 11.9 Å². The van der Waals surface area contributed by atoms with Crippen LogP contribution in [0.4, 0.5) is 0 Å². The maximum Gasteiger partial charge on any atom is 2.00 e. The summed E-state index contributed by atoms with van der Waals surface area (Å²) in [7, 11) is 0. The predicted octanol–water partition coefficient (Wildman–Crippen LogP) is 21.5. The zero-order valence-corrected chi connectivity index (χ0v) is 58.5. The van der Waals surface area contributed by atoms with Crippen LogP contribution in [0.3, 0.4) is 0 Å². The number of primary amides is 2. The van der Waals surface area contributed by atoms with Crippen LogP contribution >= 0.6 is 0 Å². The summed E-state index contributed by atoms with van der Waals surface area (Å²) >= 11 is 0. The monoisotopic (exact) mass is 1200 g/mol. The van der Waals surface area contributed by atoms with Gasteiger partial charge in [-0.05, 0) is 38.5 Å². The molecule has 0 aliphatic heterocycles. The van der Waals surface area contributed by atoms with Gasteiger partial charge in [-0.2, -0.15) is 0 Å². The Morgan fingerprint density at radius 2 is 0.296 bits per heavy atom. The number of aliphatic carboxylic acids is 2. The molecule has 0 rings (SSSR count). The van der Waals surface area contributed by atoms with Gasteiger partial charge in [0, 0.05) is 24.8 Å². The summed E-state index contributed by atoms with van der Waals surface area (Å²) in [5, 5.41) is 20.4. The number of rotatable bonds is 64. The Balaban J connectivity index is -0.000000316. The molecule has 0 atom stereocenters. The van der Waals surface area contributed by atoms with Crippen LogP contribution in [-0.4, -0.2) is 23.8 Å². The van der Waals surface area contributed by atoms with Crippen LogP contribution in [-0.2, 0) is 38.7 Å². The van der Waals surface area contributed by atoms with Crippen LogP contribution in [0.1, 0.15) is 439 Å². The molecule has 2 amide bonds. The van der Waals surface area contributed by atoms with Crippen molar-refractivity contribution in [2.45, 2.75) is 439 Å². The van der Waals surface area contributed by atoms with E-state index in [4.69, 9.17) is 11.5 Å². The molecule has 0 saturated heterocycles. The second-order valence-corrected chi connectivity index (χ2v) is 24.5. The van der Waals surface area contributed by atoms with Crippen molar-refractivity contribution in [3.63, 3.8) is 0 Å². The average Bonchev–Trinajstić information content (AvgIpc) is 3.43. The van der Waals surface area contributed by atoms with E-state index in [2.05, 4.69) is 27.7 Å². The Morgan fingerprint density at radius 1 is 0.198 bits per heavy atom. The molecule has 0 fully saturated rings. The molecular weight excluding hydrogens is 1050 g/mol. The molecule has 0 spiro atoms. The van der Waals surface area contributed by atoms with Crippen molar-refractivity contribution in [1.29, 1.82) is 0 Å². The summed E-state index contributed by atoms with van der Waals surface area (Å²) < 4.78 is 0. The summed E-state index contributed by atoms with van der Waals surface area (Å²) in [4.78, 5) is 41.6. The fourth-order valence-electron chi connectivity index (χ4n) is 10.6. The van der Waals surface area contributed by atoms with Gasteiger partial charge in [-0.1, -0.05) is 387 Å². The quantitative estimate of drug-likeness (QED) is 0.0454. The zero-order valence-electron chi connectivity index (χ0n) is 55.6. The van der Waals surface area contributed by atoms with Crippen molar-refractivity contribution in [3.8, 4) is 0 Å². The summed E-state index contributed by atoms with van der Waals surface area (Å²) in [6, 6.07) is 0. The molecule has 480 valence electrons. The smallest absolute Gasteiger partial charge is 0.550 e. The van der Waals surface area contributed by atoms with Crippen molar-refractivity contribution in [2.24, 2.45) is 11.5 Å². The van der Waals surface area contributed by atoms with Crippen LogP contribution in [0.5, 0.6) is 0 Å². The molecule has 4 N–H and O–H groups in total.